The zero-order chi connectivity index (χ0) is 12.6. The highest BCUT2D eigenvalue weighted by atomic mass is 16.5. The van der Waals surface area contributed by atoms with Crippen LogP contribution in [0.5, 0.6) is 0 Å². The van der Waals surface area contributed by atoms with E-state index in [4.69, 9.17) is 9.47 Å². The summed E-state index contributed by atoms with van der Waals surface area (Å²) in [6.07, 6.45) is 4.01. The van der Waals surface area contributed by atoms with Crippen LogP contribution in [0.4, 0.5) is 0 Å². The van der Waals surface area contributed by atoms with Crippen LogP contribution in [0.15, 0.2) is 0 Å². The van der Waals surface area contributed by atoms with Gasteiger partial charge in [0, 0.05) is 20.2 Å². The Bertz CT molecular complexity index is 220. The lowest BCUT2D eigenvalue weighted by molar-refractivity contribution is 0.0522. The van der Waals surface area contributed by atoms with Gasteiger partial charge in [-0.15, -0.1) is 0 Å². The molecule has 0 spiro atoms. The lowest BCUT2D eigenvalue weighted by Gasteiger charge is -2.27. The van der Waals surface area contributed by atoms with Gasteiger partial charge in [0.15, 0.2) is 0 Å². The second-order valence-electron chi connectivity index (χ2n) is 5.68. The van der Waals surface area contributed by atoms with Gasteiger partial charge in [-0.05, 0) is 50.7 Å². The maximum atomic E-state index is 5.63. The molecule has 0 aliphatic carbocycles. The van der Waals surface area contributed by atoms with E-state index in [1.54, 1.807) is 7.11 Å². The molecule has 0 saturated carbocycles. The van der Waals surface area contributed by atoms with Crippen LogP contribution < -0.4 is 5.32 Å². The molecule has 2 aliphatic heterocycles. The van der Waals surface area contributed by atoms with Gasteiger partial charge in [-0.1, -0.05) is 0 Å². The van der Waals surface area contributed by atoms with Crippen molar-refractivity contribution < 1.29 is 9.47 Å². The minimum absolute atomic E-state index is 0.714. The normalized spacial score (nSPS) is 26.8. The molecular weight excluding hydrogens is 228 g/mol. The molecule has 1 N–H and O–H groups in total. The highest BCUT2D eigenvalue weighted by molar-refractivity contribution is 4.79. The van der Waals surface area contributed by atoms with Gasteiger partial charge in [0.1, 0.15) is 0 Å². The molecule has 4 heteroatoms. The Morgan fingerprint density at radius 1 is 1.11 bits per heavy atom. The number of nitrogens with one attached hydrogen (secondary N) is 1. The zero-order valence-electron chi connectivity index (χ0n) is 11.7. The van der Waals surface area contributed by atoms with Crippen molar-refractivity contribution in [1.29, 1.82) is 0 Å². The third-order valence-electron chi connectivity index (χ3n) is 4.13. The Kier molecular flexibility index (Phi) is 6.41. The first kappa shape index (κ1) is 14.3. The topological polar surface area (TPSA) is 33.7 Å². The Morgan fingerprint density at radius 3 is 2.72 bits per heavy atom. The molecule has 0 bridgehead atoms. The molecule has 2 saturated heterocycles. The van der Waals surface area contributed by atoms with Gasteiger partial charge < -0.3 is 19.7 Å². The summed E-state index contributed by atoms with van der Waals surface area (Å²) in [5, 5.41) is 3.44. The molecule has 2 heterocycles. The molecule has 1 unspecified atom stereocenters. The van der Waals surface area contributed by atoms with Crippen LogP contribution in [-0.2, 0) is 9.47 Å². The third kappa shape index (κ3) is 4.84. The number of ether oxygens (including phenoxy) is 2. The molecule has 106 valence electrons. The Balaban J connectivity index is 1.56. The van der Waals surface area contributed by atoms with Gasteiger partial charge in [-0.2, -0.15) is 0 Å². The summed E-state index contributed by atoms with van der Waals surface area (Å²) in [4.78, 5) is 2.64. The van der Waals surface area contributed by atoms with E-state index >= 15 is 0 Å². The Morgan fingerprint density at radius 2 is 1.94 bits per heavy atom. The lowest BCUT2D eigenvalue weighted by Crippen LogP contribution is -2.35. The van der Waals surface area contributed by atoms with Gasteiger partial charge in [-0.3, -0.25) is 0 Å². The van der Waals surface area contributed by atoms with Crippen LogP contribution in [0, 0.1) is 11.8 Å². The first-order chi connectivity index (χ1) is 8.88. The first-order valence-electron chi connectivity index (χ1n) is 7.38. The van der Waals surface area contributed by atoms with Crippen LogP contribution in [-0.4, -0.2) is 64.6 Å². The van der Waals surface area contributed by atoms with Crippen molar-refractivity contribution in [2.45, 2.75) is 19.3 Å². The average molecular weight is 256 g/mol. The molecule has 18 heavy (non-hydrogen) atoms. The van der Waals surface area contributed by atoms with Crippen LogP contribution in [0.2, 0.25) is 0 Å². The average Bonchev–Trinajstić information content (AvgIpc) is 2.84. The Labute approximate surface area is 111 Å². The molecule has 1 atom stereocenters. The summed E-state index contributed by atoms with van der Waals surface area (Å²) in [7, 11) is 1.72. The van der Waals surface area contributed by atoms with Gasteiger partial charge >= 0.3 is 0 Å². The SMILES string of the molecule is COCCOCC1CCN(CC2CCNCC2)C1. The van der Waals surface area contributed by atoms with Crippen molar-refractivity contribution >= 4 is 0 Å². The van der Waals surface area contributed by atoms with E-state index in [-0.39, 0.29) is 0 Å². The van der Waals surface area contributed by atoms with E-state index < -0.39 is 0 Å². The number of hydrogen-bond donors (Lipinski definition) is 1. The smallest absolute Gasteiger partial charge is 0.0700 e. The van der Waals surface area contributed by atoms with Crippen LogP contribution in [0.25, 0.3) is 0 Å². The molecule has 0 amide bonds. The number of hydrogen-bond acceptors (Lipinski definition) is 4. The van der Waals surface area contributed by atoms with E-state index in [9.17, 15) is 0 Å². The van der Waals surface area contributed by atoms with Crippen molar-refractivity contribution in [2.75, 3.05) is 59.7 Å². The minimum atomic E-state index is 0.714. The van der Waals surface area contributed by atoms with Gasteiger partial charge in [0.05, 0.1) is 19.8 Å². The van der Waals surface area contributed by atoms with E-state index in [2.05, 4.69) is 10.2 Å². The van der Waals surface area contributed by atoms with E-state index in [1.807, 2.05) is 0 Å². The van der Waals surface area contributed by atoms with Crippen molar-refractivity contribution in [3.05, 3.63) is 0 Å². The van der Waals surface area contributed by atoms with E-state index in [0.717, 1.165) is 25.0 Å². The summed E-state index contributed by atoms with van der Waals surface area (Å²) < 4.78 is 10.6. The monoisotopic (exact) mass is 256 g/mol. The number of nitrogens with zero attached hydrogens (tertiary/aromatic N) is 1. The van der Waals surface area contributed by atoms with Crippen molar-refractivity contribution in [3.8, 4) is 0 Å². The standard InChI is InChI=1S/C14H28N2O2/c1-17-8-9-18-12-14-4-7-16(11-14)10-13-2-5-15-6-3-13/h13-15H,2-12H2,1H3. The Hall–Kier alpha value is -0.160. The summed E-state index contributed by atoms with van der Waals surface area (Å²) in [6.45, 7) is 8.58. The largest absolute Gasteiger partial charge is 0.382 e. The van der Waals surface area contributed by atoms with Crippen molar-refractivity contribution in [2.24, 2.45) is 11.8 Å². The molecule has 2 rings (SSSR count). The van der Waals surface area contributed by atoms with Gasteiger partial charge in [0.2, 0.25) is 0 Å². The summed E-state index contributed by atoms with van der Waals surface area (Å²) in [5.74, 6) is 1.66. The molecule has 2 aliphatic rings. The second-order valence-corrected chi connectivity index (χ2v) is 5.68. The maximum Gasteiger partial charge on any atom is 0.0700 e. The van der Waals surface area contributed by atoms with Crippen LogP contribution in [0.3, 0.4) is 0 Å². The predicted octanol–water partition coefficient (Wildman–Crippen LogP) is 0.971. The molecule has 0 aromatic heterocycles. The van der Waals surface area contributed by atoms with Gasteiger partial charge in [-0.25, -0.2) is 0 Å². The molecular formula is C14H28N2O2. The van der Waals surface area contributed by atoms with Crippen molar-refractivity contribution in [3.63, 3.8) is 0 Å². The van der Waals surface area contributed by atoms with Gasteiger partial charge in [0.25, 0.3) is 0 Å². The molecule has 0 aromatic carbocycles. The lowest BCUT2D eigenvalue weighted by atomic mass is 9.98. The highest BCUT2D eigenvalue weighted by Gasteiger charge is 2.25. The van der Waals surface area contributed by atoms with Crippen LogP contribution in [0.1, 0.15) is 19.3 Å². The highest BCUT2D eigenvalue weighted by Crippen LogP contribution is 2.20. The van der Waals surface area contributed by atoms with E-state index in [0.29, 0.717) is 6.61 Å². The fourth-order valence-electron chi connectivity index (χ4n) is 3.04. The number of piperidine rings is 1. The fourth-order valence-corrected chi connectivity index (χ4v) is 3.04. The number of likely N-dealkylation sites (tertiary alicyclic amines) is 1. The summed E-state index contributed by atoms with van der Waals surface area (Å²) in [6, 6.07) is 0. The minimum Gasteiger partial charge on any atom is -0.382 e. The molecule has 0 radical (unpaired) electrons. The summed E-state index contributed by atoms with van der Waals surface area (Å²) >= 11 is 0. The number of methoxy groups -OCH3 is 1. The third-order valence-corrected chi connectivity index (χ3v) is 4.13. The maximum absolute atomic E-state index is 5.63. The van der Waals surface area contributed by atoms with Crippen molar-refractivity contribution in [1.82, 2.24) is 10.2 Å². The second kappa shape index (κ2) is 8.10. The molecule has 2 fully saturated rings. The van der Waals surface area contributed by atoms with Crippen LogP contribution >= 0.6 is 0 Å². The predicted molar refractivity (Wildman–Crippen MR) is 72.8 cm³/mol. The van der Waals surface area contributed by atoms with E-state index in [1.165, 1.54) is 52.0 Å². The quantitative estimate of drug-likeness (QED) is 0.688. The fraction of sp³-hybridized carbons (Fsp3) is 1.00. The molecule has 0 aromatic rings. The summed E-state index contributed by atoms with van der Waals surface area (Å²) in [5.41, 5.74) is 0. The number of rotatable bonds is 7. The zero-order valence-corrected chi connectivity index (χ0v) is 11.7. The first-order valence-corrected chi connectivity index (χ1v) is 7.38. The molecule has 4 nitrogen and oxygen atoms in total.